The molecule has 0 bridgehead atoms. The number of hydrogen-bond donors (Lipinski definition) is 1. The molecule has 2 nitrogen and oxygen atoms in total. The van der Waals surface area contributed by atoms with Crippen molar-refractivity contribution >= 4 is 5.69 Å². The predicted molar refractivity (Wildman–Crippen MR) is 65.3 cm³/mol. The fourth-order valence-electron chi connectivity index (χ4n) is 2.49. The van der Waals surface area contributed by atoms with Crippen molar-refractivity contribution in [3.05, 3.63) is 29.3 Å². The molecule has 0 aromatic heterocycles. The van der Waals surface area contributed by atoms with E-state index >= 15 is 0 Å². The first kappa shape index (κ1) is 12.3. The molecule has 1 aliphatic carbocycles. The fraction of sp³-hybridized carbons (Fsp3) is 0.538. The highest BCUT2D eigenvalue weighted by atomic mass is 19.2. The molecule has 0 saturated heterocycles. The lowest BCUT2D eigenvalue weighted by molar-refractivity contribution is 0.503. The van der Waals surface area contributed by atoms with Gasteiger partial charge in [0.25, 0.3) is 0 Å². The van der Waals surface area contributed by atoms with Crippen LogP contribution in [0.25, 0.3) is 0 Å². The molecule has 0 atom stereocenters. The Balaban J connectivity index is 2.51. The lowest BCUT2D eigenvalue weighted by Gasteiger charge is -2.24. The smallest absolute Gasteiger partial charge is 0.182 e. The fourth-order valence-corrected chi connectivity index (χ4v) is 2.49. The summed E-state index contributed by atoms with van der Waals surface area (Å²) in [5.41, 5.74) is 6.85. The number of rotatable bonds is 4. The van der Waals surface area contributed by atoms with Crippen LogP contribution in [-0.4, -0.2) is 20.6 Å². The summed E-state index contributed by atoms with van der Waals surface area (Å²) < 4.78 is 27.2. The van der Waals surface area contributed by atoms with Crippen LogP contribution in [0.4, 0.5) is 14.5 Å². The van der Waals surface area contributed by atoms with Crippen LogP contribution >= 0.6 is 0 Å². The first-order valence-corrected chi connectivity index (χ1v) is 5.88. The Morgan fingerprint density at radius 1 is 1.29 bits per heavy atom. The molecule has 0 unspecified atom stereocenters. The van der Waals surface area contributed by atoms with Gasteiger partial charge in [0.1, 0.15) is 0 Å². The summed E-state index contributed by atoms with van der Waals surface area (Å²) in [4.78, 5) is 1.64. The third kappa shape index (κ3) is 2.02. The summed E-state index contributed by atoms with van der Waals surface area (Å²) in [5.74, 6) is -1.54. The zero-order chi connectivity index (χ0) is 12.6. The minimum atomic E-state index is -0.791. The molecule has 1 aliphatic rings. The SMILES string of the molecule is CN(C)c1c(C2(CCN)CC2)ccc(F)c1F. The van der Waals surface area contributed by atoms with Crippen LogP contribution in [0.3, 0.4) is 0 Å². The highest BCUT2D eigenvalue weighted by molar-refractivity contribution is 5.59. The third-order valence-corrected chi connectivity index (χ3v) is 3.56. The predicted octanol–water partition coefficient (Wildman–Crippen LogP) is 2.41. The molecular weight excluding hydrogens is 222 g/mol. The summed E-state index contributed by atoms with van der Waals surface area (Å²) in [6.45, 7) is 0.575. The van der Waals surface area contributed by atoms with Gasteiger partial charge in [-0.3, -0.25) is 0 Å². The van der Waals surface area contributed by atoms with E-state index in [0.29, 0.717) is 12.2 Å². The maximum Gasteiger partial charge on any atom is 0.182 e. The number of halogens is 2. The summed E-state index contributed by atoms with van der Waals surface area (Å²) >= 11 is 0. The molecule has 17 heavy (non-hydrogen) atoms. The van der Waals surface area contributed by atoms with Crippen molar-refractivity contribution in [1.29, 1.82) is 0 Å². The average Bonchev–Trinajstić information content (AvgIpc) is 3.02. The first-order valence-electron chi connectivity index (χ1n) is 5.88. The third-order valence-electron chi connectivity index (χ3n) is 3.56. The summed E-state index contributed by atoms with van der Waals surface area (Å²) in [7, 11) is 3.47. The van der Waals surface area contributed by atoms with E-state index in [1.165, 1.54) is 6.07 Å². The number of anilines is 1. The van der Waals surface area contributed by atoms with Gasteiger partial charge in [0, 0.05) is 14.1 Å². The van der Waals surface area contributed by atoms with E-state index in [1.54, 1.807) is 25.1 Å². The maximum atomic E-state index is 13.9. The van der Waals surface area contributed by atoms with Crippen molar-refractivity contribution in [2.75, 3.05) is 25.5 Å². The number of benzene rings is 1. The lowest BCUT2D eigenvalue weighted by Crippen LogP contribution is -2.21. The Morgan fingerprint density at radius 3 is 2.41 bits per heavy atom. The molecule has 1 fully saturated rings. The van der Waals surface area contributed by atoms with Crippen LogP contribution in [0.15, 0.2) is 12.1 Å². The minimum absolute atomic E-state index is 0.0249. The molecule has 1 aromatic carbocycles. The van der Waals surface area contributed by atoms with E-state index in [1.807, 2.05) is 0 Å². The van der Waals surface area contributed by atoms with Crippen molar-refractivity contribution in [3.63, 3.8) is 0 Å². The molecule has 1 saturated carbocycles. The van der Waals surface area contributed by atoms with E-state index in [0.717, 1.165) is 24.8 Å². The molecule has 0 spiro atoms. The quantitative estimate of drug-likeness (QED) is 0.875. The van der Waals surface area contributed by atoms with Crippen LogP contribution in [0.5, 0.6) is 0 Å². The van der Waals surface area contributed by atoms with Gasteiger partial charge in [0.15, 0.2) is 11.6 Å². The molecule has 4 heteroatoms. The van der Waals surface area contributed by atoms with E-state index in [2.05, 4.69) is 0 Å². The molecule has 2 rings (SSSR count). The van der Waals surface area contributed by atoms with Gasteiger partial charge in [-0.05, 0) is 42.9 Å². The van der Waals surface area contributed by atoms with Gasteiger partial charge in [-0.15, -0.1) is 0 Å². The summed E-state index contributed by atoms with van der Waals surface area (Å²) in [5, 5.41) is 0. The molecule has 2 N–H and O–H groups in total. The van der Waals surface area contributed by atoms with Crippen molar-refractivity contribution in [2.45, 2.75) is 24.7 Å². The van der Waals surface area contributed by atoms with Crippen LogP contribution in [-0.2, 0) is 5.41 Å². The second-order valence-corrected chi connectivity index (χ2v) is 4.97. The van der Waals surface area contributed by atoms with Crippen LogP contribution in [0, 0.1) is 11.6 Å². The average molecular weight is 240 g/mol. The molecule has 1 aromatic rings. The van der Waals surface area contributed by atoms with E-state index in [-0.39, 0.29) is 5.41 Å². The standard InChI is InChI=1S/C13H18F2N2/c1-17(2)12-9(3-4-10(14)11(12)15)13(5-6-13)7-8-16/h3-4H,5-8,16H2,1-2H3. The van der Waals surface area contributed by atoms with Crippen LogP contribution in [0.1, 0.15) is 24.8 Å². The zero-order valence-electron chi connectivity index (χ0n) is 10.3. The number of hydrogen-bond acceptors (Lipinski definition) is 2. The highest BCUT2D eigenvalue weighted by Crippen LogP contribution is 2.53. The number of nitrogens with two attached hydrogens (primary N) is 1. The van der Waals surface area contributed by atoms with Crippen molar-refractivity contribution in [2.24, 2.45) is 5.73 Å². The summed E-state index contributed by atoms with van der Waals surface area (Å²) in [6, 6.07) is 2.92. The van der Waals surface area contributed by atoms with E-state index in [9.17, 15) is 8.78 Å². The molecular formula is C13H18F2N2. The zero-order valence-corrected chi connectivity index (χ0v) is 10.3. The van der Waals surface area contributed by atoms with Gasteiger partial charge in [0.2, 0.25) is 0 Å². The maximum absolute atomic E-state index is 13.9. The van der Waals surface area contributed by atoms with Gasteiger partial charge in [-0.1, -0.05) is 6.07 Å². The van der Waals surface area contributed by atoms with Crippen LogP contribution < -0.4 is 10.6 Å². The topological polar surface area (TPSA) is 29.3 Å². The molecule has 0 heterocycles. The normalized spacial score (nSPS) is 17.0. The Morgan fingerprint density at radius 2 is 1.94 bits per heavy atom. The molecule has 0 aliphatic heterocycles. The number of nitrogens with zero attached hydrogens (tertiary/aromatic N) is 1. The Kier molecular flexibility index (Phi) is 3.08. The Bertz CT molecular complexity index is 426. The Labute approximate surface area is 100 Å². The van der Waals surface area contributed by atoms with E-state index in [4.69, 9.17) is 5.73 Å². The van der Waals surface area contributed by atoms with Gasteiger partial charge in [0.05, 0.1) is 5.69 Å². The van der Waals surface area contributed by atoms with Crippen molar-refractivity contribution in [3.8, 4) is 0 Å². The minimum Gasteiger partial charge on any atom is -0.375 e. The Hall–Kier alpha value is -1.16. The highest BCUT2D eigenvalue weighted by Gasteiger charge is 2.45. The molecule has 0 radical (unpaired) electrons. The second-order valence-electron chi connectivity index (χ2n) is 4.97. The monoisotopic (exact) mass is 240 g/mol. The second kappa shape index (κ2) is 4.26. The lowest BCUT2D eigenvalue weighted by atomic mass is 9.90. The summed E-state index contributed by atoms with van der Waals surface area (Å²) in [6.07, 6.45) is 2.85. The van der Waals surface area contributed by atoms with Gasteiger partial charge < -0.3 is 10.6 Å². The van der Waals surface area contributed by atoms with Crippen molar-refractivity contribution < 1.29 is 8.78 Å². The van der Waals surface area contributed by atoms with E-state index < -0.39 is 11.6 Å². The van der Waals surface area contributed by atoms with Crippen LogP contribution in [0.2, 0.25) is 0 Å². The molecule has 0 amide bonds. The first-order chi connectivity index (χ1) is 8.02. The van der Waals surface area contributed by atoms with Gasteiger partial charge in [-0.25, -0.2) is 8.78 Å². The van der Waals surface area contributed by atoms with Gasteiger partial charge >= 0.3 is 0 Å². The largest absolute Gasteiger partial charge is 0.375 e. The van der Waals surface area contributed by atoms with Crippen molar-refractivity contribution in [1.82, 2.24) is 0 Å². The van der Waals surface area contributed by atoms with Gasteiger partial charge in [-0.2, -0.15) is 0 Å². The molecule has 94 valence electrons.